The molecule has 20 heavy (non-hydrogen) atoms. The van der Waals surface area contributed by atoms with Gasteiger partial charge in [-0.1, -0.05) is 32.6 Å². The van der Waals surface area contributed by atoms with Crippen LogP contribution in [0.15, 0.2) is 0 Å². The lowest BCUT2D eigenvalue weighted by Crippen LogP contribution is -2.46. The van der Waals surface area contributed by atoms with Crippen LogP contribution in [-0.2, 0) is 15.0 Å². The fraction of sp³-hybridized carbons (Fsp3) is 0.923. The predicted molar refractivity (Wildman–Crippen MR) is 77.6 cm³/mol. The average Bonchev–Trinajstić information content (AvgIpc) is 2.43. The molecule has 1 aliphatic rings. The van der Waals surface area contributed by atoms with Crippen LogP contribution in [0.1, 0.15) is 51.9 Å². The molecule has 7 heteroatoms. The molecule has 0 saturated heterocycles. The Labute approximate surface area is 121 Å². The molecule has 1 aliphatic carbocycles. The van der Waals surface area contributed by atoms with Gasteiger partial charge in [-0.15, -0.1) is 0 Å². The highest BCUT2D eigenvalue weighted by Crippen LogP contribution is 2.23. The first-order chi connectivity index (χ1) is 9.36. The predicted octanol–water partition coefficient (Wildman–Crippen LogP) is 1.59. The monoisotopic (exact) mass is 306 g/mol. The quantitative estimate of drug-likeness (QED) is 0.713. The molecule has 1 atom stereocenters. The first-order valence-corrected chi connectivity index (χ1v) is 8.75. The van der Waals surface area contributed by atoms with E-state index >= 15 is 0 Å². The number of nitrogens with zero attached hydrogens (tertiary/aromatic N) is 1. The molecule has 0 aliphatic heterocycles. The van der Waals surface area contributed by atoms with Crippen molar-refractivity contribution in [3.63, 3.8) is 0 Å². The molecular weight excluding hydrogens is 280 g/mol. The van der Waals surface area contributed by atoms with Crippen LogP contribution in [0.5, 0.6) is 0 Å². The van der Waals surface area contributed by atoms with Gasteiger partial charge in [0.05, 0.1) is 0 Å². The van der Waals surface area contributed by atoms with E-state index in [1.54, 1.807) is 7.05 Å². The van der Waals surface area contributed by atoms with Gasteiger partial charge in [-0.3, -0.25) is 4.79 Å². The summed E-state index contributed by atoms with van der Waals surface area (Å²) in [5.74, 6) is -1.06. The van der Waals surface area contributed by atoms with Crippen molar-refractivity contribution in [2.75, 3.05) is 13.6 Å². The zero-order valence-electron chi connectivity index (χ0n) is 12.3. The highest BCUT2D eigenvalue weighted by atomic mass is 32.2. The van der Waals surface area contributed by atoms with Gasteiger partial charge in [0.25, 0.3) is 10.2 Å². The van der Waals surface area contributed by atoms with E-state index in [1.807, 2.05) is 6.92 Å². The van der Waals surface area contributed by atoms with E-state index in [-0.39, 0.29) is 24.9 Å². The largest absolute Gasteiger partial charge is 0.481 e. The maximum atomic E-state index is 12.2. The number of rotatable bonds is 8. The lowest BCUT2D eigenvalue weighted by molar-refractivity contribution is -0.138. The lowest BCUT2D eigenvalue weighted by atomic mass is 9.96. The van der Waals surface area contributed by atoms with E-state index in [1.165, 1.54) is 10.7 Å². The van der Waals surface area contributed by atoms with Crippen molar-refractivity contribution < 1.29 is 18.3 Å². The molecule has 1 fully saturated rings. The maximum absolute atomic E-state index is 12.2. The van der Waals surface area contributed by atoms with Crippen LogP contribution in [0, 0.1) is 5.92 Å². The molecule has 1 unspecified atom stereocenters. The van der Waals surface area contributed by atoms with Gasteiger partial charge >= 0.3 is 5.97 Å². The molecule has 2 N–H and O–H groups in total. The summed E-state index contributed by atoms with van der Waals surface area (Å²) in [4.78, 5) is 10.7. The standard InChI is InChI=1S/C13H26N2O4S/c1-3-11(9-13(16)17)10-14-20(18,19)15(2)12-7-5-4-6-8-12/h11-12,14H,3-10H2,1-2H3,(H,16,17). The maximum Gasteiger partial charge on any atom is 0.303 e. The fourth-order valence-electron chi connectivity index (χ4n) is 2.57. The van der Waals surface area contributed by atoms with Crippen molar-refractivity contribution in [2.24, 2.45) is 5.92 Å². The molecule has 0 aromatic rings. The Kier molecular flexibility index (Phi) is 6.91. The number of hydrogen-bond donors (Lipinski definition) is 2. The second kappa shape index (κ2) is 7.95. The number of nitrogens with one attached hydrogen (secondary N) is 1. The molecule has 0 heterocycles. The van der Waals surface area contributed by atoms with Crippen molar-refractivity contribution in [3.8, 4) is 0 Å². The van der Waals surface area contributed by atoms with Crippen LogP contribution >= 0.6 is 0 Å². The van der Waals surface area contributed by atoms with Crippen molar-refractivity contribution in [2.45, 2.75) is 57.9 Å². The Morgan fingerprint density at radius 2 is 1.95 bits per heavy atom. The smallest absolute Gasteiger partial charge is 0.303 e. The van der Waals surface area contributed by atoms with Gasteiger partial charge in [-0.25, -0.2) is 4.72 Å². The van der Waals surface area contributed by atoms with E-state index in [0.717, 1.165) is 25.7 Å². The molecule has 0 amide bonds. The molecule has 118 valence electrons. The Hall–Kier alpha value is -0.660. The van der Waals surface area contributed by atoms with Gasteiger partial charge in [0.15, 0.2) is 0 Å². The van der Waals surface area contributed by atoms with E-state index in [2.05, 4.69) is 4.72 Å². The van der Waals surface area contributed by atoms with Crippen LogP contribution < -0.4 is 4.72 Å². The average molecular weight is 306 g/mol. The lowest BCUT2D eigenvalue weighted by Gasteiger charge is -2.30. The second-order valence-corrected chi connectivity index (χ2v) is 7.35. The minimum Gasteiger partial charge on any atom is -0.481 e. The Bertz CT molecular complexity index is 405. The molecule has 0 radical (unpaired) electrons. The van der Waals surface area contributed by atoms with Gasteiger partial charge in [-0.2, -0.15) is 12.7 Å². The van der Waals surface area contributed by atoms with Gasteiger partial charge in [-0.05, 0) is 18.8 Å². The molecule has 0 aromatic heterocycles. The first kappa shape index (κ1) is 17.4. The molecule has 1 rings (SSSR count). The normalized spacial score (nSPS) is 19.1. The first-order valence-electron chi connectivity index (χ1n) is 7.31. The molecular formula is C13H26N2O4S. The van der Waals surface area contributed by atoms with Crippen LogP contribution in [0.25, 0.3) is 0 Å². The SMILES string of the molecule is CCC(CNS(=O)(=O)N(C)C1CCCCC1)CC(=O)O. The van der Waals surface area contributed by atoms with Gasteiger partial charge in [0.2, 0.25) is 0 Å². The molecule has 0 spiro atoms. The van der Waals surface area contributed by atoms with Crippen molar-refractivity contribution in [1.82, 2.24) is 9.03 Å². The van der Waals surface area contributed by atoms with Crippen LogP contribution in [0.3, 0.4) is 0 Å². The van der Waals surface area contributed by atoms with E-state index < -0.39 is 16.2 Å². The number of carboxylic acid groups (broad SMARTS) is 1. The Balaban J connectivity index is 2.52. The number of carboxylic acids is 1. The second-order valence-electron chi connectivity index (χ2n) is 5.53. The summed E-state index contributed by atoms with van der Waals surface area (Å²) in [6.45, 7) is 2.05. The summed E-state index contributed by atoms with van der Waals surface area (Å²) in [6, 6.07) is 0.0702. The number of hydrogen-bond acceptors (Lipinski definition) is 3. The van der Waals surface area contributed by atoms with E-state index in [4.69, 9.17) is 5.11 Å². The zero-order valence-corrected chi connectivity index (χ0v) is 13.2. The molecule has 0 aromatic carbocycles. The van der Waals surface area contributed by atoms with Crippen molar-refractivity contribution in [1.29, 1.82) is 0 Å². The van der Waals surface area contributed by atoms with Crippen LogP contribution in [-0.4, -0.2) is 43.4 Å². The summed E-state index contributed by atoms with van der Waals surface area (Å²) in [5.41, 5.74) is 0. The van der Waals surface area contributed by atoms with Crippen molar-refractivity contribution >= 4 is 16.2 Å². The summed E-state index contributed by atoms with van der Waals surface area (Å²) in [7, 11) is -1.90. The number of aliphatic carboxylic acids is 1. The third kappa shape index (κ3) is 5.38. The summed E-state index contributed by atoms with van der Waals surface area (Å²) < 4.78 is 28.4. The summed E-state index contributed by atoms with van der Waals surface area (Å²) in [6.07, 6.45) is 5.76. The minimum absolute atomic E-state index is 0.00777. The third-order valence-corrected chi connectivity index (χ3v) is 5.65. The summed E-state index contributed by atoms with van der Waals surface area (Å²) >= 11 is 0. The molecule has 1 saturated carbocycles. The number of carbonyl (C=O) groups is 1. The fourth-order valence-corrected chi connectivity index (χ4v) is 3.83. The van der Waals surface area contributed by atoms with Crippen LogP contribution in [0.4, 0.5) is 0 Å². The zero-order chi connectivity index (χ0) is 15.2. The Morgan fingerprint density at radius 1 is 1.35 bits per heavy atom. The van der Waals surface area contributed by atoms with Crippen LogP contribution in [0.2, 0.25) is 0 Å². The van der Waals surface area contributed by atoms with E-state index in [0.29, 0.717) is 6.42 Å². The summed E-state index contributed by atoms with van der Waals surface area (Å²) in [5, 5.41) is 8.77. The molecule has 6 nitrogen and oxygen atoms in total. The van der Waals surface area contributed by atoms with Crippen molar-refractivity contribution in [3.05, 3.63) is 0 Å². The Morgan fingerprint density at radius 3 is 2.45 bits per heavy atom. The highest BCUT2D eigenvalue weighted by molar-refractivity contribution is 7.87. The minimum atomic E-state index is -3.51. The highest BCUT2D eigenvalue weighted by Gasteiger charge is 2.27. The molecule has 0 bridgehead atoms. The van der Waals surface area contributed by atoms with E-state index in [9.17, 15) is 13.2 Å². The van der Waals surface area contributed by atoms with Gasteiger partial charge in [0, 0.05) is 26.1 Å². The topological polar surface area (TPSA) is 86.7 Å². The van der Waals surface area contributed by atoms with Gasteiger partial charge < -0.3 is 5.11 Å². The van der Waals surface area contributed by atoms with Gasteiger partial charge in [0.1, 0.15) is 0 Å². The third-order valence-electron chi connectivity index (χ3n) is 4.06.